The molecule has 1 atom stereocenters. The van der Waals surface area contributed by atoms with E-state index in [2.05, 4.69) is 16.0 Å². The number of nitriles is 1. The van der Waals surface area contributed by atoms with Crippen LogP contribution in [0.5, 0.6) is 0 Å². The van der Waals surface area contributed by atoms with Crippen LogP contribution >= 0.6 is 0 Å². The normalized spacial score (nSPS) is 16.1. The molecule has 0 unspecified atom stereocenters. The van der Waals surface area contributed by atoms with E-state index in [1.54, 1.807) is 16.6 Å². The van der Waals surface area contributed by atoms with Crippen molar-refractivity contribution in [3.63, 3.8) is 0 Å². The molecule has 6 nitrogen and oxygen atoms in total. The van der Waals surface area contributed by atoms with Gasteiger partial charge in [0.25, 0.3) is 0 Å². The second kappa shape index (κ2) is 11.3. The van der Waals surface area contributed by atoms with Gasteiger partial charge in [-0.15, -0.1) is 0 Å². The Hall–Kier alpha value is -3.21. The highest BCUT2D eigenvalue weighted by molar-refractivity contribution is 7.89. The standard InChI is InChI=1S/C26H28N4O2S.CH4/c1-2-13-33(31,32)30-19-24-14-22(16-27)10-11-26(24)29(18-23-9-6-12-28-17-23)20-25(30)15-21-7-4-3-5-8-21;/h3-12,14,17,25H,2,13,15,18-20H2,1H3;1H4/t25-;/m1./s1. The van der Waals surface area contributed by atoms with Gasteiger partial charge in [-0.05, 0) is 53.8 Å². The lowest BCUT2D eigenvalue weighted by molar-refractivity contribution is 0.318. The summed E-state index contributed by atoms with van der Waals surface area (Å²) in [4.78, 5) is 6.47. The molecule has 7 heteroatoms. The van der Waals surface area contributed by atoms with Crippen LogP contribution in [0.2, 0.25) is 0 Å². The first-order chi connectivity index (χ1) is 16.0. The van der Waals surface area contributed by atoms with Gasteiger partial charge in [-0.2, -0.15) is 9.57 Å². The van der Waals surface area contributed by atoms with Crippen LogP contribution < -0.4 is 4.90 Å². The largest absolute Gasteiger partial charge is 0.365 e. The molecule has 0 bridgehead atoms. The number of anilines is 1. The minimum absolute atomic E-state index is 0. The summed E-state index contributed by atoms with van der Waals surface area (Å²) in [7, 11) is -3.47. The van der Waals surface area contributed by atoms with E-state index in [0.717, 1.165) is 22.4 Å². The molecule has 0 spiro atoms. The first-order valence-corrected chi connectivity index (χ1v) is 12.8. The predicted molar refractivity (Wildman–Crippen MR) is 137 cm³/mol. The quantitative estimate of drug-likeness (QED) is 0.491. The molecule has 0 radical (unpaired) electrons. The molecule has 0 fully saturated rings. The molecule has 0 saturated heterocycles. The summed E-state index contributed by atoms with van der Waals surface area (Å²) in [5.74, 6) is 0.105. The van der Waals surface area contributed by atoms with Gasteiger partial charge in [0.1, 0.15) is 0 Å². The first-order valence-electron chi connectivity index (χ1n) is 11.2. The van der Waals surface area contributed by atoms with E-state index >= 15 is 0 Å². The number of benzene rings is 2. The Kier molecular flexibility index (Phi) is 8.43. The Morgan fingerprint density at radius 1 is 1.09 bits per heavy atom. The van der Waals surface area contributed by atoms with Crippen LogP contribution in [-0.2, 0) is 29.5 Å². The molecule has 0 N–H and O–H groups in total. The van der Waals surface area contributed by atoms with Gasteiger partial charge in [0.05, 0.1) is 17.4 Å². The van der Waals surface area contributed by atoms with Gasteiger partial charge in [0.2, 0.25) is 10.0 Å². The zero-order valence-electron chi connectivity index (χ0n) is 18.8. The summed E-state index contributed by atoms with van der Waals surface area (Å²) in [6.07, 6.45) is 4.76. The van der Waals surface area contributed by atoms with Crippen molar-refractivity contribution in [1.82, 2.24) is 9.29 Å². The van der Waals surface area contributed by atoms with Crippen molar-refractivity contribution >= 4 is 15.7 Å². The zero-order chi connectivity index (χ0) is 23.3. The molecule has 34 heavy (non-hydrogen) atoms. The number of hydrogen-bond acceptors (Lipinski definition) is 5. The summed E-state index contributed by atoms with van der Waals surface area (Å²) in [5, 5.41) is 9.46. The van der Waals surface area contributed by atoms with Gasteiger partial charge in [0, 0.05) is 43.8 Å². The highest BCUT2D eigenvalue weighted by Gasteiger charge is 2.35. The lowest BCUT2D eigenvalue weighted by Crippen LogP contribution is -2.46. The highest BCUT2D eigenvalue weighted by atomic mass is 32.2. The van der Waals surface area contributed by atoms with E-state index in [-0.39, 0.29) is 25.8 Å². The van der Waals surface area contributed by atoms with Crippen LogP contribution in [0, 0.1) is 11.3 Å². The van der Waals surface area contributed by atoms with Crippen LogP contribution in [0.15, 0.2) is 73.1 Å². The smallest absolute Gasteiger partial charge is 0.214 e. The third-order valence-electron chi connectivity index (χ3n) is 5.94. The van der Waals surface area contributed by atoms with Crippen molar-refractivity contribution in [2.45, 2.75) is 46.3 Å². The van der Waals surface area contributed by atoms with Crippen molar-refractivity contribution in [3.8, 4) is 6.07 Å². The molecular formula is C27H32N4O2S. The Morgan fingerprint density at radius 3 is 2.53 bits per heavy atom. The Labute approximate surface area is 203 Å². The van der Waals surface area contributed by atoms with Gasteiger partial charge in [-0.25, -0.2) is 8.42 Å². The van der Waals surface area contributed by atoms with Crippen molar-refractivity contribution in [3.05, 3.63) is 95.3 Å². The lowest BCUT2D eigenvalue weighted by atomic mass is 10.1. The molecule has 3 aromatic rings. The Bertz CT molecular complexity index is 1220. The van der Waals surface area contributed by atoms with Crippen LogP contribution in [0.25, 0.3) is 0 Å². The van der Waals surface area contributed by atoms with Crippen LogP contribution in [0.4, 0.5) is 5.69 Å². The van der Waals surface area contributed by atoms with E-state index in [1.807, 2.05) is 67.7 Å². The van der Waals surface area contributed by atoms with Crippen LogP contribution in [-0.4, -0.2) is 36.0 Å². The van der Waals surface area contributed by atoms with Crippen molar-refractivity contribution in [2.75, 3.05) is 17.2 Å². The fourth-order valence-corrected chi connectivity index (χ4v) is 6.13. The topological polar surface area (TPSA) is 77.3 Å². The highest BCUT2D eigenvalue weighted by Crippen LogP contribution is 2.32. The molecule has 1 aromatic heterocycles. The van der Waals surface area contributed by atoms with Crippen molar-refractivity contribution in [1.29, 1.82) is 5.26 Å². The van der Waals surface area contributed by atoms with Gasteiger partial charge in [0.15, 0.2) is 0 Å². The SMILES string of the molecule is C.CCCS(=O)(=O)N1Cc2cc(C#N)ccc2N(Cc2cccnc2)C[C@H]1Cc1ccccc1. The van der Waals surface area contributed by atoms with E-state index in [4.69, 9.17) is 0 Å². The number of pyridine rings is 1. The maximum atomic E-state index is 13.4. The summed E-state index contributed by atoms with van der Waals surface area (Å²) in [5.41, 5.74) is 4.50. The minimum Gasteiger partial charge on any atom is -0.365 e. The van der Waals surface area contributed by atoms with Gasteiger partial charge < -0.3 is 4.90 Å². The predicted octanol–water partition coefficient (Wildman–Crippen LogP) is 4.76. The molecule has 0 saturated carbocycles. The van der Waals surface area contributed by atoms with Gasteiger partial charge >= 0.3 is 0 Å². The maximum absolute atomic E-state index is 13.4. The third-order valence-corrected chi connectivity index (χ3v) is 8.01. The summed E-state index contributed by atoms with van der Waals surface area (Å²) in [6.45, 7) is 3.30. The van der Waals surface area contributed by atoms with E-state index in [0.29, 0.717) is 31.5 Å². The monoisotopic (exact) mass is 476 g/mol. The first kappa shape index (κ1) is 25.4. The molecular weight excluding hydrogens is 444 g/mol. The van der Waals surface area contributed by atoms with E-state index in [1.165, 1.54) is 0 Å². The number of sulfonamides is 1. The molecule has 178 valence electrons. The fourth-order valence-electron chi connectivity index (χ4n) is 4.45. The average Bonchev–Trinajstić information content (AvgIpc) is 2.97. The zero-order valence-corrected chi connectivity index (χ0v) is 19.6. The maximum Gasteiger partial charge on any atom is 0.214 e. The molecule has 1 aliphatic heterocycles. The number of hydrogen-bond donors (Lipinski definition) is 0. The number of nitrogens with zero attached hydrogens (tertiary/aromatic N) is 4. The number of aromatic nitrogens is 1. The lowest BCUT2D eigenvalue weighted by Gasteiger charge is -2.32. The molecule has 0 aliphatic carbocycles. The molecule has 2 heterocycles. The van der Waals surface area contributed by atoms with Crippen molar-refractivity contribution in [2.24, 2.45) is 0 Å². The number of rotatable bonds is 7. The Balaban J connectivity index is 0.00000324. The minimum atomic E-state index is -3.47. The second-order valence-corrected chi connectivity index (χ2v) is 10.4. The molecule has 4 rings (SSSR count). The number of fused-ring (bicyclic) bond motifs is 1. The molecule has 0 amide bonds. The Morgan fingerprint density at radius 2 is 1.85 bits per heavy atom. The van der Waals surface area contributed by atoms with Crippen LogP contribution in [0.1, 0.15) is 43.0 Å². The third kappa shape index (κ3) is 5.82. The van der Waals surface area contributed by atoms with Crippen LogP contribution in [0.3, 0.4) is 0 Å². The van der Waals surface area contributed by atoms with Crippen molar-refractivity contribution < 1.29 is 8.42 Å². The van der Waals surface area contributed by atoms with Gasteiger partial charge in [-0.1, -0.05) is 50.7 Å². The fraction of sp³-hybridized carbons (Fsp3) is 0.333. The summed E-state index contributed by atoms with van der Waals surface area (Å²) >= 11 is 0. The summed E-state index contributed by atoms with van der Waals surface area (Å²) < 4.78 is 28.5. The second-order valence-electron chi connectivity index (χ2n) is 8.40. The van der Waals surface area contributed by atoms with E-state index in [9.17, 15) is 13.7 Å². The van der Waals surface area contributed by atoms with E-state index < -0.39 is 10.0 Å². The average molecular weight is 477 g/mol. The molecule has 2 aromatic carbocycles. The summed E-state index contributed by atoms with van der Waals surface area (Å²) in [6, 6.07) is 21.5. The molecule has 1 aliphatic rings. The van der Waals surface area contributed by atoms with Gasteiger partial charge in [-0.3, -0.25) is 4.98 Å².